The highest BCUT2D eigenvalue weighted by atomic mass is 16.2. The number of carbonyl (C=O) groups is 2. The zero-order valence-electron chi connectivity index (χ0n) is 20.7. The number of para-hydroxylation sites is 2. The number of benzene rings is 2. The van der Waals surface area contributed by atoms with Crippen LogP contribution in [0, 0.1) is 0 Å². The molecule has 3 aromatic rings. The van der Waals surface area contributed by atoms with Gasteiger partial charge in [0, 0.05) is 38.2 Å². The van der Waals surface area contributed by atoms with E-state index < -0.39 is 0 Å². The SMILES string of the molecule is CCCCc1ccc(N2CC(c3nc4ccccc4n3CC(=O)N(C)CCCC)CC2=O)cc1. The number of imidazole rings is 1. The van der Waals surface area contributed by atoms with Crippen molar-refractivity contribution >= 4 is 28.5 Å². The number of rotatable bonds is 10. The molecule has 0 aliphatic carbocycles. The molecule has 2 amide bonds. The molecule has 0 N–H and O–H groups in total. The van der Waals surface area contributed by atoms with E-state index in [-0.39, 0.29) is 24.3 Å². The van der Waals surface area contributed by atoms with Gasteiger partial charge in [0.05, 0.1) is 11.0 Å². The van der Waals surface area contributed by atoms with Crippen molar-refractivity contribution in [2.24, 2.45) is 0 Å². The first-order valence-corrected chi connectivity index (χ1v) is 12.6. The number of nitrogens with zero attached hydrogens (tertiary/aromatic N) is 4. The Morgan fingerprint density at radius 2 is 1.79 bits per heavy atom. The number of aromatic nitrogens is 2. The predicted octanol–water partition coefficient (Wildman–Crippen LogP) is 5.16. The van der Waals surface area contributed by atoms with Crippen LogP contribution in [0.25, 0.3) is 11.0 Å². The van der Waals surface area contributed by atoms with E-state index in [0.717, 1.165) is 48.4 Å². The summed E-state index contributed by atoms with van der Waals surface area (Å²) in [5.41, 5.74) is 4.06. The van der Waals surface area contributed by atoms with Crippen molar-refractivity contribution in [2.45, 2.75) is 64.8 Å². The minimum atomic E-state index is -0.0478. The lowest BCUT2D eigenvalue weighted by molar-refractivity contribution is -0.130. The van der Waals surface area contributed by atoms with E-state index in [1.807, 2.05) is 40.8 Å². The second-order valence-electron chi connectivity index (χ2n) is 9.39. The zero-order valence-corrected chi connectivity index (χ0v) is 20.7. The molecule has 0 radical (unpaired) electrons. The summed E-state index contributed by atoms with van der Waals surface area (Å²) >= 11 is 0. The quantitative estimate of drug-likeness (QED) is 0.420. The second kappa shape index (κ2) is 10.9. The molecule has 1 aromatic heterocycles. The topological polar surface area (TPSA) is 58.4 Å². The molecule has 0 saturated carbocycles. The van der Waals surface area contributed by atoms with Crippen LogP contribution in [0.2, 0.25) is 0 Å². The molecule has 0 spiro atoms. The summed E-state index contributed by atoms with van der Waals surface area (Å²) in [6, 6.07) is 16.3. The number of aryl methyl sites for hydroxylation is 1. The van der Waals surface area contributed by atoms with Gasteiger partial charge >= 0.3 is 0 Å². The number of carbonyl (C=O) groups excluding carboxylic acids is 2. The van der Waals surface area contributed by atoms with Gasteiger partial charge in [-0.25, -0.2) is 4.98 Å². The van der Waals surface area contributed by atoms with Crippen LogP contribution >= 0.6 is 0 Å². The molecule has 1 atom stereocenters. The van der Waals surface area contributed by atoms with Crippen LogP contribution in [0.4, 0.5) is 5.69 Å². The molecule has 6 nitrogen and oxygen atoms in total. The number of likely N-dealkylation sites (N-methyl/N-ethyl adjacent to an activating group) is 1. The van der Waals surface area contributed by atoms with Crippen molar-refractivity contribution in [3.63, 3.8) is 0 Å². The third kappa shape index (κ3) is 5.16. The average Bonchev–Trinajstić information content (AvgIpc) is 3.42. The highest BCUT2D eigenvalue weighted by Crippen LogP contribution is 2.33. The van der Waals surface area contributed by atoms with Crippen molar-refractivity contribution < 1.29 is 9.59 Å². The van der Waals surface area contributed by atoms with Crippen molar-refractivity contribution in [1.82, 2.24) is 14.5 Å². The summed E-state index contributed by atoms with van der Waals surface area (Å²) in [6.45, 7) is 5.90. The monoisotopic (exact) mass is 460 g/mol. The molecular formula is C28H36N4O2. The third-order valence-electron chi connectivity index (χ3n) is 6.81. The lowest BCUT2D eigenvalue weighted by atomic mass is 10.1. The molecule has 1 unspecified atom stereocenters. The molecule has 6 heteroatoms. The Labute approximate surface area is 202 Å². The number of amides is 2. The van der Waals surface area contributed by atoms with Gasteiger partial charge in [-0.15, -0.1) is 0 Å². The highest BCUT2D eigenvalue weighted by molar-refractivity contribution is 5.96. The predicted molar refractivity (Wildman–Crippen MR) is 137 cm³/mol. The van der Waals surface area contributed by atoms with Gasteiger partial charge < -0.3 is 14.4 Å². The third-order valence-corrected chi connectivity index (χ3v) is 6.81. The Morgan fingerprint density at radius 3 is 2.53 bits per heavy atom. The van der Waals surface area contributed by atoms with Crippen LogP contribution < -0.4 is 4.90 Å². The number of hydrogen-bond donors (Lipinski definition) is 0. The Kier molecular flexibility index (Phi) is 7.66. The minimum Gasteiger partial charge on any atom is -0.344 e. The van der Waals surface area contributed by atoms with Crippen LogP contribution in [0.3, 0.4) is 0 Å². The van der Waals surface area contributed by atoms with Gasteiger partial charge in [-0.3, -0.25) is 9.59 Å². The van der Waals surface area contributed by atoms with Gasteiger partial charge in [-0.1, -0.05) is 51.0 Å². The van der Waals surface area contributed by atoms with Crippen LogP contribution in [0.15, 0.2) is 48.5 Å². The summed E-state index contributed by atoms with van der Waals surface area (Å²) in [4.78, 5) is 34.5. The maximum atomic E-state index is 13.0. The lowest BCUT2D eigenvalue weighted by Crippen LogP contribution is -2.32. The summed E-state index contributed by atoms with van der Waals surface area (Å²) in [5, 5.41) is 0. The van der Waals surface area contributed by atoms with E-state index in [2.05, 4.69) is 38.1 Å². The van der Waals surface area contributed by atoms with Gasteiger partial charge in [-0.05, 0) is 49.1 Å². The van der Waals surface area contributed by atoms with Crippen molar-refractivity contribution in [1.29, 1.82) is 0 Å². The van der Waals surface area contributed by atoms with Gasteiger partial charge in [0.1, 0.15) is 12.4 Å². The fraction of sp³-hybridized carbons (Fsp3) is 0.464. The first-order chi connectivity index (χ1) is 16.5. The number of anilines is 1. The van der Waals surface area contributed by atoms with Gasteiger partial charge in [-0.2, -0.15) is 0 Å². The van der Waals surface area contributed by atoms with Crippen molar-refractivity contribution in [3.05, 3.63) is 59.9 Å². The fourth-order valence-electron chi connectivity index (χ4n) is 4.70. The van der Waals surface area contributed by atoms with E-state index in [0.29, 0.717) is 13.0 Å². The van der Waals surface area contributed by atoms with Crippen LogP contribution in [0.1, 0.15) is 63.3 Å². The molecule has 34 heavy (non-hydrogen) atoms. The molecule has 2 heterocycles. The maximum absolute atomic E-state index is 13.0. The van der Waals surface area contributed by atoms with E-state index >= 15 is 0 Å². The smallest absolute Gasteiger partial charge is 0.242 e. The Hall–Kier alpha value is -3.15. The first-order valence-electron chi connectivity index (χ1n) is 12.6. The second-order valence-corrected chi connectivity index (χ2v) is 9.39. The van der Waals surface area contributed by atoms with E-state index in [1.165, 1.54) is 18.4 Å². The molecule has 1 aliphatic heterocycles. The fourth-order valence-corrected chi connectivity index (χ4v) is 4.70. The Bertz CT molecular complexity index is 1140. The number of fused-ring (bicyclic) bond motifs is 1. The molecule has 1 fully saturated rings. The van der Waals surface area contributed by atoms with Gasteiger partial charge in [0.2, 0.25) is 11.8 Å². The average molecular weight is 461 g/mol. The van der Waals surface area contributed by atoms with Gasteiger partial charge in [0.15, 0.2) is 0 Å². The molecular weight excluding hydrogens is 424 g/mol. The van der Waals surface area contributed by atoms with Crippen LogP contribution in [-0.4, -0.2) is 46.4 Å². The highest BCUT2D eigenvalue weighted by Gasteiger charge is 2.35. The lowest BCUT2D eigenvalue weighted by Gasteiger charge is -2.20. The summed E-state index contributed by atoms with van der Waals surface area (Å²) in [6.07, 6.45) is 5.86. The van der Waals surface area contributed by atoms with E-state index in [1.54, 1.807) is 4.90 Å². The van der Waals surface area contributed by atoms with Crippen LogP contribution in [0.5, 0.6) is 0 Å². The molecule has 0 bridgehead atoms. The number of unbranched alkanes of at least 4 members (excludes halogenated alkanes) is 2. The van der Waals surface area contributed by atoms with Gasteiger partial charge in [0.25, 0.3) is 0 Å². The van der Waals surface area contributed by atoms with E-state index in [9.17, 15) is 9.59 Å². The van der Waals surface area contributed by atoms with E-state index in [4.69, 9.17) is 4.98 Å². The summed E-state index contributed by atoms with van der Waals surface area (Å²) < 4.78 is 2.02. The van der Waals surface area contributed by atoms with Crippen LogP contribution in [-0.2, 0) is 22.6 Å². The molecule has 4 rings (SSSR count). The molecule has 1 aliphatic rings. The minimum absolute atomic E-state index is 0.0478. The summed E-state index contributed by atoms with van der Waals surface area (Å²) in [5.74, 6) is 0.959. The van der Waals surface area contributed by atoms with Crippen molar-refractivity contribution in [3.8, 4) is 0 Å². The largest absolute Gasteiger partial charge is 0.344 e. The first kappa shape index (κ1) is 24.0. The normalized spacial score (nSPS) is 15.9. The molecule has 1 saturated heterocycles. The zero-order chi connectivity index (χ0) is 24.1. The maximum Gasteiger partial charge on any atom is 0.242 e. The summed E-state index contributed by atoms with van der Waals surface area (Å²) in [7, 11) is 1.86. The number of hydrogen-bond acceptors (Lipinski definition) is 3. The van der Waals surface area contributed by atoms with Crippen molar-refractivity contribution in [2.75, 3.05) is 25.0 Å². The Balaban J connectivity index is 1.57. The molecule has 2 aromatic carbocycles. The standard InChI is InChI=1S/C28H36N4O2/c1-4-6-10-21-13-15-23(16-14-21)31-19-22(18-26(31)33)28-29-24-11-8-9-12-25(24)32(28)20-27(34)30(3)17-7-5-2/h8-9,11-16,22H,4-7,10,17-20H2,1-3H3. The molecule has 180 valence electrons. The Morgan fingerprint density at radius 1 is 1.06 bits per heavy atom.